The number of rotatable bonds is 3. The molecular weight excluding hydrogens is 366 g/mol. The predicted molar refractivity (Wildman–Crippen MR) is 105 cm³/mol. The number of hydrogen-bond donors (Lipinski definition) is 1. The second kappa shape index (κ2) is 7.17. The minimum Gasteiger partial charge on any atom is -0.387 e. The first-order valence-corrected chi connectivity index (χ1v) is 9.17. The van der Waals surface area contributed by atoms with Gasteiger partial charge in [-0.3, -0.25) is 4.79 Å². The molecule has 0 bridgehead atoms. The van der Waals surface area contributed by atoms with Gasteiger partial charge in [-0.1, -0.05) is 23.7 Å². The summed E-state index contributed by atoms with van der Waals surface area (Å²) in [5.41, 5.74) is 2.79. The van der Waals surface area contributed by atoms with Crippen molar-refractivity contribution in [3.05, 3.63) is 41.6 Å². The highest BCUT2D eigenvalue weighted by Crippen LogP contribution is 2.31. The molecule has 27 heavy (non-hydrogen) atoms. The van der Waals surface area contributed by atoms with Crippen LogP contribution < -0.4 is 4.90 Å². The standard InChI is InChI=1S/C19H20ClN5O2/c1-23-16-5-3-2-4-15(16)22-19(23)13-10-17(21-11-14(13)20)24-6-8-25(9-7-24)18(27)12-26/h2-5,10-11,26H,6-9,12H2,1H3. The molecule has 0 radical (unpaired) electrons. The summed E-state index contributed by atoms with van der Waals surface area (Å²) in [5.74, 6) is 1.36. The van der Waals surface area contributed by atoms with Crippen LogP contribution in [-0.4, -0.2) is 63.2 Å². The first kappa shape index (κ1) is 17.8. The van der Waals surface area contributed by atoms with E-state index in [0.29, 0.717) is 31.2 Å². The molecule has 1 aliphatic rings. The fraction of sp³-hybridized carbons (Fsp3) is 0.316. The van der Waals surface area contributed by atoms with Crippen LogP contribution in [0.3, 0.4) is 0 Å². The van der Waals surface area contributed by atoms with Gasteiger partial charge < -0.3 is 19.5 Å². The van der Waals surface area contributed by atoms with Crippen LogP contribution in [0.25, 0.3) is 22.4 Å². The summed E-state index contributed by atoms with van der Waals surface area (Å²) in [6.07, 6.45) is 1.65. The minimum absolute atomic E-state index is 0.237. The monoisotopic (exact) mass is 385 g/mol. The predicted octanol–water partition coefficient (Wildman–Crippen LogP) is 1.93. The molecule has 1 amide bonds. The molecule has 1 aliphatic heterocycles. The van der Waals surface area contributed by atoms with Crippen molar-refractivity contribution < 1.29 is 9.90 Å². The van der Waals surface area contributed by atoms with Crippen LogP contribution in [0.2, 0.25) is 5.02 Å². The molecule has 1 aromatic carbocycles. The van der Waals surface area contributed by atoms with Gasteiger partial charge in [0.05, 0.1) is 16.1 Å². The van der Waals surface area contributed by atoms with Gasteiger partial charge >= 0.3 is 0 Å². The molecule has 140 valence electrons. The molecule has 2 aromatic heterocycles. The van der Waals surface area contributed by atoms with E-state index in [0.717, 1.165) is 28.2 Å². The Balaban J connectivity index is 1.64. The second-order valence-electron chi connectivity index (χ2n) is 6.53. The number of carbonyl (C=O) groups is 1. The summed E-state index contributed by atoms with van der Waals surface area (Å²) in [6, 6.07) is 9.91. The van der Waals surface area contributed by atoms with Crippen molar-refractivity contribution in [2.24, 2.45) is 7.05 Å². The number of aliphatic hydroxyl groups excluding tert-OH is 1. The fourth-order valence-corrected chi connectivity index (χ4v) is 3.63. The van der Waals surface area contributed by atoms with Gasteiger partial charge in [0.25, 0.3) is 0 Å². The molecule has 1 fully saturated rings. The van der Waals surface area contributed by atoms with Crippen molar-refractivity contribution in [1.82, 2.24) is 19.4 Å². The number of halogens is 1. The lowest BCUT2D eigenvalue weighted by atomic mass is 10.2. The zero-order valence-corrected chi connectivity index (χ0v) is 15.7. The first-order chi connectivity index (χ1) is 13.1. The van der Waals surface area contributed by atoms with Crippen LogP contribution in [-0.2, 0) is 11.8 Å². The molecule has 0 atom stereocenters. The third-order valence-electron chi connectivity index (χ3n) is 4.96. The quantitative estimate of drug-likeness (QED) is 0.745. The lowest BCUT2D eigenvalue weighted by molar-refractivity contribution is -0.134. The number of pyridine rings is 1. The minimum atomic E-state index is -0.448. The Labute approximate surface area is 161 Å². The van der Waals surface area contributed by atoms with E-state index in [1.165, 1.54) is 0 Å². The molecular formula is C19H20ClN5O2. The Bertz CT molecular complexity index is 995. The van der Waals surface area contributed by atoms with Gasteiger partial charge in [0, 0.05) is 45.0 Å². The Morgan fingerprint density at radius 1 is 1.22 bits per heavy atom. The van der Waals surface area contributed by atoms with E-state index in [2.05, 4.69) is 9.88 Å². The third-order valence-corrected chi connectivity index (χ3v) is 5.26. The number of fused-ring (bicyclic) bond motifs is 1. The van der Waals surface area contributed by atoms with Crippen LogP contribution in [0, 0.1) is 0 Å². The smallest absolute Gasteiger partial charge is 0.248 e. The highest BCUT2D eigenvalue weighted by molar-refractivity contribution is 6.33. The number of aryl methyl sites for hydroxylation is 1. The number of anilines is 1. The van der Waals surface area contributed by atoms with E-state index < -0.39 is 6.61 Å². The normalized spacial score (nSPS) is 14.8. The lowest BCUT2D eigenvalue weighted by Gasteiger charge is -2.35. The molecule has 0 unspecified atom stereocenters. The van der Waals surface area contributed by atoms with Crippen molar-refractivity contribution in [2.45, 2.75) is 0 Å². The molecule has 0 aliphatic carbocycles. The Morgan fingerprint density at radius 3 is 2.67 bits per heavy atom. The molecule has 0 spiro atoms. The Hall–Kier alpha value is -2.64. The van der Waals surface area contributed by atoms with Crippen molar-refractivity contribution in [2.75, 3.05) is 37.7 Å². The van der Waals surface area contributed by atoms with Gasteiger partial charge in [0.2, 0.25) is 5.91 Å². The maximum Gasteiger partial charge on any atom is 0.248 e. The van der Waals surface area contributed by atoms with Crippen molar-refractivity contribution >= 4 is 34.4 Å². The summed E-state index contributed by atoms with van der Waals surface area (Å²) >= 11 is 6.44. The maximum atomic E-state index is 11.6. The summed E-state index contributed by atoms with van der Waals surface area (Å²) < 4.78 is 2.03. The van der Waals surface area contributed by atoms with Gasteiger partial charge in [0.15, 0.2) is 0 Å². The number of hydrogen-bond acceptors (Lipinski definition) is 5. The fourth-order valence-electron chi connectivity index (χ4n) is 3.44. The average Bonchev–Trinajstić information content (AvgIpc) is 3.04. The van der Waals surface area contributed by atoms with Crippen LogP contribution in [0.4, 0.5) is 5.82 Å². The number of imidazole rings is 1. The van der Waals surface area contributed by atoms with Crippen molar-refractivity contribution in [1.29, 1.82) is 0 Å². The summed E-state index contributed by atoms with van der Waals surface area (Å²) in [7, 11) is 1.97. The summed E-state index contributed by atoms with van der Waals surface area (Å²) in [6.45, 7) is 1.98. The molecule has 3 heterocycles. The van der Waals surface area contributed by atoms with Gasteiger partial charge in [-0.15, -0.1) is 0 Å². The van der Waals surface area contributed by atoms with Crippen molar-refractivity contribution in [3.63, 3.8) is 0 Å². The molecule has 4 rings (SSSR count). The number of carbonyl (C=O) groups excluding carboxylic acids is 1. The molecule has 8 heteroatoms. The number of piperazine rings is 1. The lowest BCUT2D eigenvalue weighted by Crippen LogP contribution is -2.49. The van der Waals surface area contributed by atoms with Gasteiger partial charge in [-0.25, -0.2) is 9.97 Å². The number of nitrogens with zero attached hydrogens (tertiary/aromatic N) is 5. The number of aromatic nitrogens is 3. The van der Waals surface area contributed by atoms with Crippen LogP contribution >= 0.6 is 11.6 Å². The zero-order valence-electron chi connectivity index (χ0n) is 15.0. The Kier molecular flexibility index (Phi) is 4.72. The number of amides is 1. The van der Waals surface area contributed by atoms with E-state index in [1.807, 2.05) is 41.9 Å². The SMILES string of the molecule is Cn1c(-c2cc(N3CCN(C(=O)CO)CC3)ncc2Cl)nc2ccccc21. The molecule has 7 nitrogen and oxygen atoms in total. The molecule has 0 saturated carbocycles. The summed E-state index contributed by atoms with van der Waals surface area (Å²) in [5, 5.41) is 9.56. The molecule has 1 N–H and O–H groups in total. The topological polar surface area (TPSA) is 74.5 Å². The highest BCUT2D eigenvalue weighted by atomic mass is 35.5. The van der Waals surface area contributed by atoms with E-state index in [4.69, 9.17) is 21.7 Å². The van der Waals surface area contributed by atoms with Crippen LogP contribution in [0.5, 0.6) is 0 Å². The average molecular weight is 386 g/mol. The largest absolute Gasteiger partial charge is 0.387 e. The Morgan fingerprint density at radius 2 is 1.96 bits per heavy atom. The van der Waals surface area contributed by atoms with Gasteiger partial charge in [0.1, 0.15) is 18.2 Å². The van der Waals surface area contributed by atoms with E-state index in [9.17, 15) is 4.79 Å². The number of para-hydroxylation sites is 2. The highest BCUT2D eigenvalue weighted by Gasteiger charge is 2.22. The van der Waals surface area contributed by atoms with Crippen LogP contribution in [0.1, 0.15) is 0 Å². The third kappa shape index (κ3) is 3.24. The van der Waals surface area contributed by atoms with E-state index >= 15 is 0 Å². The van der Waals surface area contributed by atoms with Crippen molar-refractivity contribution in [3.8, 4) is 11.4 Å². The maximum absolute atomic E-state index is 11.6. The first-order valence-electron chi connectivity index (χ1n) is 8.79. The van der Waals surface area contributed by atoms with E-state index in [1.54, 1.807) is 11.1 Å². The second-order valence-corrected chi connectivity index (χ2v) is 6.94. The van der Waals surface area contributed by atoms with E-state index in [-0.39, 0.29) is 5.91 Å². The summed E-state index contributed by atoms with van der Waals surface area (Å²) in [4.78, 5) is 24.6. The van der Waals surface area contributed by atoms with Gasteiger partial charge in [-0.05, 0) is 18.2 Å². The zero-order chi connectivity index (χ0) is 19.0. The van der Waals surface area contributed by atoms with Gasteiger partial charge in [-0.2, -0.15) is 0 Å². The molecule has 1 saturated heterocycles. The number of aliphatic hydroxyl groups is 1. The molecule has 3 aromatic rings. The number of benzene rings is 1. The van der Waals surface area contributed by atoms with Crippen LogP contribution in [0.15, 0.2) is 36.5 Å².